The molecule has 3 unspecified atom stereocenters. The van der Waals surface area contributed by atoms with Gasteiger partial charge >= 0.3 is 11.9 Å². The van der Waals surface area contributed by atoms with Gasteiger partial charge in [-0.1, -0.05) is 48.5 Å². The number of benzene rings is 2. The van der Waals surface area contributed by atoms with Gasteiger partial charge in [0.15, 0.2) is 0 Å². The molecule has 1 heterocycles. The van der Waals surface area contributed by atoms with E-state index in [0.29, 0.717) is 11.1 Å². The van der Waals surface area contributed by atoms with Gasteiger partial charge in [0, 0.05) is 36.4 Å². The molecule has 0 bridgehead atoms. The fourth-order valence-electron chi connectivity index (χ4n) is 4.11. The topological polar surface area (TPSA) is 204 Å². The van der Waals surface area contributed by atoms with E-state index in [4.69, 9.17) is 10.8 Å². The minimum Gasteiger partial charge on any atom is -0.481 e. The van der Waals surface area contributed by atoms with Gasteiger partial charge in [-0.25, -0.2) is 4.79 Å². The van der Waals surface area contributed by atoms with Crippen molar-refractivity contribution in [3.8, 4) is 0 Å². The first-order valence-corrected chi connectivity index (χ1v) is 12.3. The van der Waals surface area contributed by atoms with Crippen molar-refractivity contribution in [2.75, 3.05) is 6.54 Å². The predicted molar refractivity (Wildman–Crippen MR) is 142 cm³/mol. The minimum atomic E-state index is -1.28. The molecular formula is C27H31N5O7. The van der Waals surface area contributed by atoms with Crippen LogP contribution in [0.1, 0.15) is 24.0 Å². The van der Waals surface area contributed by atoms with Gasteiger partial charge in [0.25, 0.3) is 0 Å². The first-order valence-electron chi connectivity index (χ1n) is 12.3. The molecule has 206 valence electrons. The average Bonchev–Trinajstić information content (AvgIpc) is 3.33. The number of aromatic nitrogens is 1. The Hall–Kier alpha value is -4.71. The molecule has 0 saturated heterocycles. The number of carboxylic acid groups (broad SMARTS) is 2. The van der Waals surface area contributed by atoms with E-state index in [1.54, 1.807) is 36.5 Å². The fraction of sp³-hybridized carbons (Fsp3) is 0.296. The second-order valence-electron chi connectivity index (χ2n) is 8.97. The highest BCUT2D eigenvalue weighted by Crippen LogP contribution is 2.19. The van der Waals surface area contributed by atoms with Crippen LogP contribution in [0.3, 0.4) is 0 Å². The molecule has 3 atom stereocenters. The Morgan fingerprint density at radius 1 is 0.795 bits per heavy atom. The van der Waals surface area contributed by atoms with Crippen molar-refractivity contribution in [3.63, 3.8) is 0 Å². The van der Waals surface area contributed by atoms with Gasteiger partial charge in [-0.05, 0) is 23.6 Å². The molecule has 12 heteroatoms. The third-order valence-electron chi connectivity index (χ3n) is 6.11. The van der Waals surface area contributed by atoms with E-state index in [1.165, 1.54) is 0 Å². The summed E-state index contributed by atoms with van der Waals surface area (Å²) in [6, 6.07) is 12.3. The largest absolute Gasteiger partial charge is 0.481 e. The number of hydrogen-bond donors (Lipinski definition) is 7. The van der Waals surface area contributed by atoms with Crippen LogP contribution >= 0.6 is 0 Å². The summed E-state index contributed by atoms with van der Waals surface area (Å²) in [7, 11) is 0. The number of nitrogens with one attached hydrogen (secondary N) is 4. The normalized spacial score (nSPS) is 13.2. The summed E-state index contributed by atoms with van der Waals surface area (Å²) >= 11 is 0. The van der Waals surface area contributed by atoms with Crippen molar-refractivity contribution in [1.29, 1.82) is 0 Å². The lowest BCUT2D eigenvalue weighted by Gasteiger charge is -2.24. The smallest absolute Gasteiger partial charge is 0.326 e. The molecule has 0 spiro atoms. The van der Waals surface area contributed by atoms with E-state index in [-0.39, 0.29) is 19.3 Å². The Labute approximate surface area is 224 Å². The molecule has 39 heavy (non-hydrogen) atoms. The molecule has 3 amide bonds. The summed E-state index contributed by atoms with van der Waals surface area (Å²) in [5.41, 5.74) is 7.52. The summed E-state index contributed by atoms with van der Waals surface area (Å²) in [5, 5.41) is 27.1. The highest BCUT2D eigenvalue weighted by molar-refractivity contribution is 5.94. The Balaban J connectivity index is 1.86. The van der Waals surface area contributed by atoms with Gasteiger partial charge < -0.3 is 36.9 Å². The SMILES string of the molecule is NCC(=O)NC(CCC(=O)O)C(=O)NC(Cc1c[nH]c2ccccc12)C(=O)NC(Cc1ccccc1)C(=O)O. The molecule has 0 aliphatic carbocycles. The number of para-hydroxylation sites is 1. The van der Waals surface area contributed by atoms with Crippen molar-refractivity contribution in [1.82, 2.24) is 20.9 Å². The molecule has 0 aliphatic heterocycles. The molecule has 2 aromatic carbocycles. The van der Waals surface area contributed by atoms with Crippen molar-refractivity contribution >= 4 is 40.6 Å². The van der Waals surface area contributed by atoms with E-state index >= 15 is 0 Å². The number of fused-ring (bicyclic) bond motifs is 1. The number of nitrogens with two attached hydrogens (primary N) is 1. The molecule has 3 rings (SSSR count). The Morgan fingerprint density at radius 3 is 2.10 bits per heavy atom. The van der Waals surface area contributed by atoms with E-state index in [2.05, 4.69) is 20.9 Å². The zero-order valence-corrected chi connectivity index (χ0v) is 21.1. The van der Waals surface area contributed by atoms with Gasteiger partial charge in [0.2, 0.25) is 17.7 Å². The predicted octanol–water partition coefficient (Wildman–Crippen LogP) is 0.316. The summed E-state index contributed by atoms with van der Waals surface area (Å²) in [4.78, 5) is 64.6. The zero-order chi connectivity index (χ0) is 28.4. The van der Waals surface area contributed by atoms with Crippen LogP contribution in [0.15, 0.2) is 60.8 Å². The minimum absolute atomic E-state index is 0.00422. The van der Waals surface area contributed by atoms with Crippen LogP contribution in [0.2, 0.25) is 0 Å². The second kappa shape index (κ2) is 13.7. The molecule has 3 aromatic rings. The van der Waals surface area contributed by atoms with E-state index in [1.807, 2.05) is 24.3 Å². The number of H-pyrrole nitrogens is 1. The number of carbonyl (C=O) groups is 5. The Morgan fingerprint density at radius 2 is 1.44 bits per heavy atom. The first-order chi connectivity index (χ1) is 18.7. The van der Waals surface area contributed by atoms with Gasteiger partial charge in [0.05, 0.1) is 6.54 Å². The fourth-order valence-corrected chi connectivity index (χ4v) is 4.11. The second-order valence-corrected chi connectivity index (χ2v) is 8.97. The van der Waals surface area contributed by atoms with Crippen LogP contribution in [-0.2, 0) is 36.8 Å². The lowest BCUT2D eigenvalue weighted by atomic mass is 10.0. The number of hydrogen-bond acceptors (Lipinski definition) is 6. The van der Waals surface area contributed by atoms with E-state index in [9.17, 15) is 29.1 Å². The van der Waals surface area contributed by atoms with E-state index in [0.717, 1.165) is 10.9 Å². The summed E-state index contributed by atoms with van der Waals surface area (Å²) in [6.45, 7) is -0.421. The van der Waals surface area contributed by atoms with Gasteiger partial charge in [-0.15, -0.1) is 0 Å². The summed E-state index contributed by atoms with van der Waals surface area (Å²) < 4.78 is 0. The van der Waals surface area contributed by atoms with Crippen LogP contribution in [0, 0.1) is 0 Å². The van der Waals surface area contributed by atoms with Crippen LogP contribution in [0.25, 0.3) is 10.9 Å². The highest BCUT2D eigenvalue weighted by Gasteiger charge is 2.30. The molecule has 0 saturated carbocycles. The maximum atomic E-state index is 13.4. The standard InChI is InChI=1S/C27H31N5O7/c28-14-23(33)30-20(10-11-24(34)35)25(36)31-21(13-17-15-29-19-9-5-4-8-18(17)19)26(37)32-22(27(38)39)12-16-6-2-1-3-7-16/h1-9,15,20-22,29H,10-14,28H2,(H,30,33)(H,31,36)(H,32,37)(H,34,35)(H,38,39). The molecule has 1 aromatic heterocycles. The monoisotopic (exact) mass is 537 g/mol. The van der Waals surface area contributed by atoms with Crippen LogP contribution in [0.4, 0.5) is 0 Å². The summed E-state index contributed by atoms with van der Waals surface area (Å²) in [5.74, 6) is -4.65. The van der Waals surface area contributed by atoms with Crippen molar-refractivity contribution < 1.29 is 34.2 Å². The number of carboxylic acids is 2. The van der Waals surface area contributed by atoms with Crippen LogP contribution in [0.5, 0.6) is 0 Å². The average molecular weight is 538 g/mol. The highest BCUT2D eigenvalue weighted by atomic mass is 16.4. The number of aromatic amines is 1. The van der Waals surface area contributed by atoms with Crippen LogP contribution < -0.4 is 21.7 Å². The maximum Gasteiger partial charge on any atom is 0.326 e. The molecule has 0 fully saturated rings. The molecule has 12 nitrogen and oxygen atoms in total. The van der Waals surface area contributed by atoms with Crippen molar-refractivity contribution in [2.24, 2.45) is 5.73 Å². The number of aliphatic carboxylic acids is 2. The zero-order valence-electron chi connectivity index (χ0n) is 21.1. The lowest BCUT2D eigenvalue weighted by molar-refractivity contribution is -0.142. The molecule has 0 radical (unpaired) electrons. The Bertz CT molecular complexity index is 1320. The van der Waals surface area contributed by atoms with E-state index < -0.39 is 60.8 Å². The molecular weight excluding hydrogens is 506 g/mol. The first kappa shape index (κ1) is 28.9. The Kier molecular flexibility index (Phi) is 10.2. The third-order valence-corrected chi connectivity index (χ3v) is 6.11. The third kappa shape index (κ3) is 8.40. The number of rotatable bonds is 14. The van der Waals surface area contributed by atoms with Crippen molar-refractivity contribution in [2.45, 2.75) is 43.8 Å². The molecule has 0 aliphatic rings. The van der Waals surface area contributed by atoms with Crippen molar-refractivity contribution in [3.05, 3.63) is 71.9 Å². The van der Waals surface area contributed by atoms with Gasteiger partial charge in [-0.3, -0.25) is 19.2 Å². The van der Waals surface area contributed by atoms with Crippen LogP contribution in [-0.4, -0.2) is 69.5 Å². The maximum absolute atomic E-state index is 13.4. The quantitative estimate of drug-likeness (QED) is 0.152. The number of carbonyl (C=O) groups excluding carboxylic acids is 3. The lowest BCUT2D eigenvalue weighted by Crippen LogP contribution is -2.57. The molecule has 8 N–H and O–H groups in total. The van der Waals surface area contributed by atoms with Gasteiger partial charge in [-0.2, -0.15) is 0 Å². The van der Waals surface area contributed by atoms with Gasteiger partial charge in [0.1, 0.15) is 18.1 Å². The number of amides is 3. The summed E-state index contributed by atoms with van der Waals surface area (Å²) in [6.07, 6.45) is 1.05.